The van der Waals surface area contributed by atoms with Crippen molar-refractivity contribution >= 4 is 6.21 Å². The van der Waals surface area contributed by atoms with E-state index in [0.717, 1.165) is 10.8 Å². The summed E-state index contributed by atoms with van der Waals surface area (Å²) < 4.78 is 2.18. The summed E-state index contributed by atoms with van der Waals surface area (Å²) in [7, 11) is 2.87. The van der Waals surface area contributed by atoms with Crippen molar-refractivity contribution in [2.45, 2.75) is 0 Å². The van der Waals surface area contributed by atoms with Crippen molar-refractivity contribution in [3.8, 4) is 0 Å². The van der Waals surface area contributed by atoms with Crippen molar-refractivity contribution in [1.29, 1.82) is 0 Å². The summed E-state index contributed by atoms with van der Waals surface area (Å²) in [4.78, 5) is 22.4. The maximum absolute atomic E-state index is 11.3. The van der Waals surface area contributed by atoms with E-state index in [9.17, 15) is 9.59 Å². The van der Waals surface area contributed by atoms with Crippen LogP contribution in [-0.2, 0) is 14.1 Å². The smallest absolute Gasteiger partial charge is 0.330 e. The average Bonchev–Trinajstić information content (AvgIpc) is 2.11. The van der Waals surface area contributed by atoms with Crippen LogP contribution in [0.1, 0.15) is 5.56 Å². The van der Waals surface area contributed by atoms with E-state index in [-0.39, 0.29) is 5.56 Å². The molecule has 13 heavy (non-hydrogen) atoms. The maximum Gasteiger partial charge on any atom is 0.330 e. The van der Waals surface area contributed by atoms with Crippen molar-refractivity contribution < 1.29 is 5.21 Å². The topological polar surface area (TPSA) is 76.6 Å². The molecule has 0 spiro atoms. The van der Waals surface area contributed by atoms with Gasteiger partial charge in [0, 0.05) is 20.3 Å². The molecule has 0 unspecified atom stereocenters. The lowest BCUT2D eigenvalue weighted by atomic mass is 10.3. The Morgan fingerprint density at radius 2 is 2.08 bits per heavy atom. The molecule has 1 N–H and O–H groups in total. The van der Waals surface area contributed by atoms with Crippen LogP contribution in [0.4, 0.5) is 0 Å². The summed E-state index contributed by atoms with van der Waals surface area (Å²) >= 11 is 0. The molecule has 1 heterocycles. The van der Waals surface area contributed by atoms with Crippen molar-refractivity contribution in [3.63, 3.8) is 0 Å². The quantitative estimate of drug-likeness (QED) is 0.341. The molecule has 0 bridgehead atoms. The molecule has 0 aliphatic heterocycles. The van der Waals surface area contributed by atoms with Gasteiger partial charge in [0.25, 0.3) is 5.56 Å². The second kappa shape index (κ2) is 3.26. The number of hydrogen-bond donors (Lipinski definition) is 1. The molecule has 0 atom stereocenters. The van der Waals surface area contributed by atoms with Crippen LogP contribution in [0.25, 0.3) is 0 Å². The normalized spacial score (nSPS) is 10.9. The zero-order valence-corrected chi connectivity index (χ0v) is 7.26. The molecule has 0 aromatic carbocycles. The Hall–Kier alpha value is -1.85. The van der Waals surface area contributed by atoms with Gasteiger partial charge in [-0.05, 0) is 0 Å². The second-order valence-electron chi connectivity index (χ2n) is 2.59. The molecular formula is C7H9N3O3. The van der Waals surface area contributed by atoms with E-state index in [1.165, 1.54) is 24.9 Å². The summed E-state index contributed by atoms with van der Waals surface area (Å²) in [5.74, 6) is 0. The number of aromatic nitrogens is 2. The largest absolute Gasteiger partial charge is 0.411 e. The average molecular weight is 183 g/mol. The summed E-state index contributed by atoms with van der Waals surface area (Å²) in [6.07, 6.45) is 2.30. The number of nitrogens with zero attached hydrogens (tertiary/aromatic N) is 3. The van der Waals surface area contributed by atoms with Crippen LogP contribution in [0.2, 0.25) is 0 Å². The highest BCUT2D eigenvalue weighted by molar-refractivity contribution is 5.77. The Labute approximate surface area is 73.4 Å². The van der Waals surface area contributed by atoms with Crippen molar-refractivity contribution in [2.75, 3.05) is 0 Å². The van der Waals surface area contributed by atoms with Gasteiger partial charge in [0.15, 0.2) is 0 Å². The van der Waals surface area contributed by atoms with Gasteiger partial charge in [-0.25, -0.2) is 4.79 Å². The van der Waals surface area contributed by atoms with Crippen LogP contribution in [0.5, 0.6) is 0 Å². The summed E-state index contributed by atoms with van der Waals surface area (Å²) in [5.41, 5.74) is -0.743. The molecule has 6 heteroatoms. The summed E-state index contributed by atoms with van der Waals surface area (Å²) in [6.45, 7) is 0. The van der Waals surface area contributed by atoms with E-state index in [0.29, 0.717) is 0 Å². The van der Waals surface area contributed by atoms with E-state index >= 15 is 0 Å². The predicted molar refractivity (Wildman–Crippen MR) is 46.3 cm³/mol. The highest BCUT2D eigenvalue weighted by Crippen LogP contribution is 1.81. The summed E-state index contributed by atoms with van der Waals surface area (Å²) in [6, 6.07) is 0. The van der Waals surface area contributed by atoms with E-state index in [1.807, 2.05) is 0 Å². The zero-order valence-electron chi connectivity index (χ0n) is 7.26. The van der Waals surface area contributed by atoms with Gasteiger partial charge in [0.2, 0.25) is 0 Å². The number of hydrogen-bond acceptors (Lipinski definition) is 4. The minimum Gasteiger partial charge on any atom is -0.411 e. The van der Waals surface area contributed by atoms with Crippen LogP contribution in [0.15, 0.2) is 20.9 Å². The van der Waals surface area contributed by atoms with Crippen molar-refractivity contribution in [1.82, 2.24) is 9.13 Å². The fourth-order valence-corrected chi connectivity index (χ4v) is 0.987. The fraction of sp³-hybridized carbons (Fsp3) is 0.286. The lowest BCUT2D eigenvalue weighted by molar-refractivity contribution is 0.321. The van der Waals surface area contributed by atoms with Gasteiger partial charge in [-0.1, -0.05) is 5.16 Å². The first kappa shape index (κ1) is 9.24. The van der Waals surface area contributed by atoms with E-state index < -0.39 is 11.2 Å². The molecular weight excluding hydrogens is 174 g/mol. The molecule has 0 radical (unpaired) electrons. The Bertz CT molecular complexity index is 455. The van der Waals surface area contributed by atoms with E-state index in [2.05, 4.69) is 5.16 Å². The Morgan fingerprint density at radius 1 is 1.46 bits per heavy atom. The Balaban J connectivity index is 3.60. The highest BCUT2D eigenvalue weighted by Gasteiger charge is 2.03. The van der Waals surface area contributed by atoms with Crippen LogP contribution in [0.3, 0.4) is 0 Å². The Morgan fingerprint density at radius 3 is 2.62 bits per heavy atom. The second-order valence-corrected chi connectivity index (χ2v) is 2.59. The summed E-state index contributed by atoms with van der Waals surface area (Å²) in [5, 5.41) is 11.0. The molecule has 0 fully saturated rings. The number of rotatable bonds is 1. The minimum atomic E-state index is -0.485. The zero-order chi connectivity index (χ0) is 10.0. The monoisotopic (exact) mass is 183 g/mol. The van der Waals surface area contributed by atoms with E-state index in [4.69, 9.17) is 5.21 Å². The molecule has 0 amide bonds. The lowest BCUT2D eigenvalue weighted by Crippen LogP contribution is -2.38. The number of oxime groups is 1. The Kier molecular flexibility index (Phi) is 2.32. The first-order valence-corrected chi connectivity index (χ1v) is 3.52. The fourth-order valence-electron chi connectivity index (χ4n) is 0.987. The molecule has 0 saturated heterocycles. The van der Waals surface area contributed by atoms with E-state index in [1.54, 1.807) is 0 Å². The molecule has 0 aliphatic carbocycles. The molecule has 6 nitrogen and oxygen atoms in total. The van der Waals surface area contributed by atoms with Gasteiger partial charge in [-0.3, -0.25) is 9.36 Å². The third-order valence-electron chi connectivity index (χ3n) is 1.67. The maximum atomic E-state index is 11.3. The SMILES string of the molecule is Cn1cc(/C=N/O)c(=O)n(C)c1=O. The van der Waals surface area contributed by atoms with Crippen molar-refractivity contribution in [2.24, 2.45) is 19.3 Å². The van der Waals surface area contributed by atoms with Crippen LogP contribution >= 0.6 is 0 Å². The van der Waals surface area contributed by atoms with Gasteiger partial charge in [0.1, 0.15) is 0 Å². The predicted octanol–water partition coefficient (Wildman–Crippen LogP) is -1.11. The van der Waals surface area contributed by atoms with Gasteiger partial charge >= 0.3 is 5.69 Å². The molecule has 0 aliphatic rings. The van der Waals surface area contributed by atoms with Crippen LogP contribution in [0, 0.1) is 0 Å². The van der Waals surface area contributed by atoms with Gasteiger partial charge < -0.3 is 9.77 Å². The third kappa shape index (κ3) is 1.51. The van der Waals surface area contributed by atoms with Gasteiger partial charge in [-0.15, -0.1) is 0 Å². The van der Waals surface area contributed by atoms with Crippen molar-refractivity contribution in [3.05, 3.63) is 32.6 Å². The van der Waals surface area contributed by atoms with Crippen LogP contribution < -0.4 is 11.2 Å². The molecule has 0 saturated carbocycles. The highest BCUT2D eigenvalue weighted by atomic mass is 16.4. The minimum absolute atomic E-state index is 0.159. The lowest BCUT2D eigenvalue weighted by Gasteiger charge is -2.01. The number of aryl methyl sites for hydroxylation is 1. The molecule has 1 rings (SSSR count). The molecule has 1 aromatic rings. The standard InChI is InChI=1S/C7H9N3O3/c1-9-4-5(3-8-13)6(11)10(2)7(9)12/h3-4,13H,1-2H3/b8-3+. The molecule has 70 valence electrons. The first-order chi connectivity index (χ1) is 6.07. The van der Waals surface area contributed by atoms with Gasteiger partial charge in [0.05, 0.1) is 11.8 Å². The first-order valence-electron chi connectivity index (χ1n) is 3.52. The van der Waals surface area contributed by atoms with Gasteiger partial charge in [-0.2, -0.15) is 0 Å². The molecule has 1 aromatic heterocycles. The third-order valence-corrected chi connectivity index (χ3v) is 1.67. The van der Waals surface area contributed by atoms with Crippen LogP contribution in [-0.4, -0.2) is 20.6 Å².